The summed E-state index contributed by atoms with van der Waals surface area (Å²) in [6.45, 7) is 2.27. The van der Waals surface area contributed by atoms with Gasteiger partial charge in [-0.05, 0) is 61.2 Å². The number of benzene rings is 2. The highest BCUT2D eigenvalue weighted by Crippen LogP contribution is 2.22. The number of nitrogens with zero attached hydrogens (tertiary/aromatic N) is 1. The molecule has 0 saturated carbocycles. The number of hydrogen-bond acceptors (Lipinski definition) is 2. The zero-order valence-corrected chi connectivity index (χ0v) is 14.7. The van der Waals surface area contributed by atoms with Crippen LogP contribution < -0.4 is 10.2 Å². The summed E-state index contributed by atoms with van der Waals surface area (Å²) < 4.78 is 1.02. The van der Waals surface area contributed by atoms with Gasteiger partial charge in [-0.1, -0.05) is 28.1 Å². The van der Waals surface area contributed by atoms with Crippen LogP contribution in [0.2, 0.25) is 0 Å². The number of nitrogens with one attached hydrogen (secondary N) is 1. The molecule has 120 valence electrons. The zero-order chi connectivity index (χ0) is 16.1. The molecule has 3 rings (SSSR count). The Kier molecular flexibility index (Phi) is 5.34. The molecule has 23 heavy (non-hydrogen) atoms. The third-order valence-corrected chi connectivity index (χ3v) is 4.68. The van der Waals surface area contributed by atoms with E-state index in [1.54, 1.807) is 0 Å². The van der Waals surface area contributed by atoms with Gasteiger partial charge < -0.3 is 10.2 Å². The van der Waals surface area contributed by atoms with Crippen LogP contribution in [0.25, 0.3) is 0 Å². The van der Waals surface area contributed by atoms with Crippen molar-refractivity contribution in [2.45, 2.75) is 25.7 Å². The van der Waals surface area contributed by atoms with Crippen LogP contribution in [0.5, 0.6) is 0 Å². The smallest absolute Gasteiger partial charge is 0.228 e. The van der Waals surface area contributed by atoms with Crippen LogP contribution in [0.4, 0.5) is 11.4 Å². The first-order valence-electron chi connectivity index (χ1n) is 8.10. The van der Waals surface area contributed by atoms with Crippen molar-refractivity contribution in [3.05, 3.63) is 58.6 Å². The third-order valence-electron chi connectivity index (χ3n) is 4.15. The SMILES string of the molecule is O=C(Cc1ccc(Br)cc1)Nc1ccc(N2CCCCC2)cc1. The molecule has 2 aromatic carbocycles. The van der Waals surface area contributed by atoms with Gasteiger partial charge in [-0.15, -0.1) is 0 Å². The number of hydrogen-bond donors (Lipinski definition) is 1. The van der Waals surface area contributed by atoms with E-state index in [-0.39, 0.29) is 5.91 Å². The molecule has 1 fully saturated rings. The van der Waals surface area contributed by atoms with Gasteiger partial charge in [0.15, 0.2) is 0 Å². The van der Waals surface area contributed by atoms with Crippen LogP contribution in [0.3, 0.4) is 0 Å². The highest BCUT2D eigenvalue weighted by molar-refractivity contribution is 9.10. The molecule has 0 atom stereocenters. The lowest BCUT2D eigenvalue weighted by atomic mass is 10.1. The van der Waals surface area contributed by atoms with Crippen LogP contribution in [0, 0.1) is 0 Å². The normalized spacial score (nSPS) is 14.6. The number of carbonyl (C=O) groups is 1. The Morgan fingerprint density at radius 3 is 2.26 bits per heavy atom. The maximum Gasteiger partial charge on any atom is 0.228 e. The monoisotopic (exact) mass is 372 g/mol. The topological polar surface area (TPSA) is 32.3 Å². The van der Waals surface area contributed by atoms with E-state index in [0.29, 0.717) is 6.42 Å². The van der Waals surface area contributed by atoms with Crippen LogP contribution in [-0.2, 0) is 11.2 Å². The second kappa shape index (κ2) is 7.64. The second-order valence-electron chi connectivity index (χ2n) is 5.95. The summed E-state index contributed by atoms with van der Waals surface area (Å²) in [5.74, 6) is 0.0121. The van der Waals surface area contributed by atoms with E-state index in [2.05, 4.69) is 38.3 Å². The lowest BCUT2D eigenvalue weighted by Gasteiger charge is -2.28. The maximum atomic E-state index is 12.1. The van der Waals surface area contributed by atoms with E-state index in [0.717, 1.165) is 28.8 Å². The molecule has 0 aliphatic carbocycles. The largest absolute Gasteiger partial charge is 0.372 e. The summed E-state index contributed by atoms with van der Waals surface area (Å²) in [6.07, 6.45) is 4.26. The molecule has 0 unspecified atom stereocenters. The molecule has 0 aromatic heterocycles. The first-order valence-corrected chi connectivity index (χ1v) is 8.89. The Labute approximate surface area is 145 Å². The fourth-order valence-electron chi connectivity index (χ4n) is 2.90. The number of anilines is 2. The van der Waals surface area contributed by atoms with Crippen LogP contribution in [-0.4, -0.2) is 19.0 Å². The average molecular weight is 373 g/mol. The van der Waals surface area contributed by atoms with Gasteiger partial charge in [-0.3, -0.25) is 4.79 Å². The summed E-state index contributed by atoms with van der Waals surface area (Å²) in [4.78, 5) is 14.5. The Morgan fingerprint density at radius 2 is 1.61 bits per heavy atom. The Balaban J connectivity index is 1.57. The van der Waals surface area contributed by atoms with E-state index >= 15 is 0 Å². The Hall–Kier alpha value is -1.81. The average Bonchev–Trinajstić information content (AvgIpc) is 2.58. The van der Waals surface area contributed by atoms with E-state index in [4.69, 9.17) is 0 Å². The molecule has 1 aliphatic heterocycles. The maximum absolute atomic E-state index is 12.1. The van der Waals surface area contributed by atoms with E-state index in [1.807, 2.05) is 36.4 Å². The Bertz CT molecular complexity index is 646. The first-order chi connectivity index (χ1) is 11.2. The first kappa shape index (κ1) is 16.1. The van der Waals surface area contributed by atoms with Crippen LogP contribution >= 0.6 is 15.9 Å². The molecule has 4 heteroatoms. The molecule has 1 amide bonds. The van der Waals surface area contributed by atoms with Gasteiger partial charge in [0.1, 0.15) is 0 Å². The minimum atomic E-state index is 0.0121. The van der Waals surface area contributed by atoms with Gasteiger partial charge in [0, 0.05) is 28.9 Å². The van der Waals surface area contributed by atoms with Crippen LogP contribution in [0.15, 0.2) is 53.0 Å². The zero-order valence-electron chi connectivity index (χ0n) is 13.1. The molecule has 0 radical (unpaired) electrons. The molecule has 2 aromatic rings. The minimum absolute atomic E-state index is 0.0121. The summed E-state index contributed by atoms with van der Waals surface area (Å²) in [7, 11) is 0. The molecule has 0 bridgehead atoms. The summed E-state index contributed by atoms with van der Waals surface area (Å²) >= 11 is 3.40. The molecular weight excluding hydrogens is 352 g/mol. The number of carbonyl (C=O) groups excluding carboxylic acids is 1. The van der Waals surface area contributed by atoms with Crippen LogP contribution in [0.1, 0.15) is 24.8 Å². The second-order valence-corrected chi connectivity index (χ2v) is 6.86. The van der Waals surface area contributed by atoms with Crippen molar-refractivity contribution in [3.63, 3.8) is 0 Å². The van der Waals surface area contributed by atoms with Crippen molar-refractivity contribution in [2.75, 3.05) is 23.3 Å². The predicted octanol–water partition coefficient (Wildman–Crippen LogP) is 4.62. The number of rotatable bonds is 4. The van der Waals surface area contributed by atoms with Gasteiger partial charge in [-0.2, -0.15) is 0 Å². The van der Waals surface area contributed by atoms with Gasteiger partial charge >= 0.3 is 0 Å². The van der Waals surface area contributed by atoms with Crippen molar-refractivity contribution in [2.24, 2.45) is 0 Å². The minimum Gasteiger partial charge on any atom is -0.372 e. The van der Waals surface area contributed by atoms with Gasteiger partial charge in [-0.25, -0.2) is 0 Å². The molecule has 3 nitrogen and oxygen atoms in total. The lowest BCUT2D eigenvalue weighted by molar-refractivity contribution is -0.115. The fourth-order valence-corrected chi connectivity index (χ4v) is 3.16. The molecular formula is C19H21BrN2O. The quantitative estimate of drug-likeness (QED) is 0.848. The third kappa shape index (κ3) is 4.58. The molecule has 1 aliphatic rings. The number of amides is 1. The standard InChI is InChI=1S/C19H21BrN2O/c20-16-6-4-15(5-7-16)14-19(23)21-17-8-10-18(11-9-17)22-12-2-1-3-13-22/h4-11H,1-3,12-14H2,(H,21,23). The molecule has 0 spiro atoms. The van der Waals surface area contributed by atoms with Gasteiger partial charge in [0.2, 0.25) is 5.91 Å². The fraction of sp³-hybridized carbons (Fsp3) is 0.316. The highest BCUT2D eigenvalue weighted by Gasteiger charge is 2.11. The van der Waals surface area contributed by atoms with E-state index < -0.39 is 0 Å². The summed E-state index contributed by atoms with van der Waals surface area (Å²) in [5.41, 5.74) is 3.11. The van der Waals surface area contributed by atoms with Crippen molar-refractivity contribution in [1.82, 2.24) is 0 Å². The molecule has 1 saturated heterocycles. The Morgan fingerprint density at radius 1 is 0.957 bits per heavy atom. The van der Waals surface area contributed by atoms with Gasteiger partial charge in [0.25, 0.3) is 0 Å². The number of halogens is 1. The molecule has 1 heterocycles. The van der Waals surface area contributed by atoms with E-state index in [1.165, 1.54) is 24.9 Å². The molecule has 1 N–H and O–H groups in total. The summed E-state index contributed by atoms with van der Waals surface area (Å²) in [5, 5.41) is 2.97. The van der Waals surface area contributed by atoms with Crippen molar-refractivity contribution < 1.29 is 4.79 Å². The number of piperidine rings is 1. The summed E-state index contributed by atoms with van der Waals surface area (Å²) in [6, 6.07) is 16.0. The predicted molar refractivity (Wildman–Crippen MR) is 99.0 cm³/mol. The highest BCUT2D eigenvalue weighted by atomic mass is 79.9. The van der Waals surface area contributed by atoms with Crippen molar-refractivity contribution in [3.8, 4) is 0 Å². The van der Waals surface area contributed by atoms with E-state index in [9.17, 15) is 4.79 Å². The lowest BCUT2D eigenvalue weighted by Crippen LogP contribution is -2.29. The van der Waals surface area contributed by atoms with Crippen molar-refractivity contribution >= 4 is 33.2 Å². The van der Waals surface area contributed by atoms with Crippen molar-refractivity contribution in [1.29, 1.82) is 0 Å². The van der Waals surface area contributed by atoms with Gasteiger partial charge in [0.05, 0.1) is 6.42 Å².